The van der Waals surface area contributed by atoms with Crippen molar-refractivity contribution in [2.75, 3.05) is 7.11 Å². The van der Waals surface area contributed by atoms with Gasteiger partial charge in [0.2, 0.25) is 5.91 Å². The first-order valence-electron chi connectivity index (χ1n) is 6.61. The van der Waals surface area contributed by atoms with Crippen LogP contribution in [0.15, 0.2) is 35.7 Å². The maximum Gasteiger partial charge on any atom is 0.220 e. The lowest BCUT2D eigenvalue weighted by molar-refractivity contribution is -0.121. The maximum atomic E-state index is 11.8. The van der Waals surface area contributed by atoms with Crippen LogP contribution < -0.4 is 10.1 Å². The zero-order chi connectivity index (χ0) is 14.4. The van der Waals surface area contributed by atoms with Gasteiger partial charge >= 0.3 is 0 Å². The summed E-state index contributed by atoms with van der Waals surface area (Å²) in [5, 5.41) is 4.99. The average Bonchev–Trinajstić information content (AvgIpc) is 2.96. The Morgan fingerprint density at radius 1 is 1.35 bits per heavy atom. The zero-order valence-corrected chi connectivity index (χ0v) is 12.6. The summed E-state index contributed by atoms with van der Waals surface area (Å²) in [4.78, 5) is 13.0. The number of methoxy groups -OCH3 is 1. The second kappa shape index (κ2) is 7.10. The molecule has 106 valence electrons. The Bertz CT molecular complexity index is 564. The van der Waals surface area contributed by atoms with Gasteiger partial charge in [-0.3, -0.25) is 4.79 Å². The monoisotopic (exact) mass is 289 g/mol. The van der Waals surface area contributed by atoms with Crippen molar-refractivity contribution in [3.05, 3.63) is 51.7 Å². The molecule has 0 aliphatic heterocycles. The van der Waals surface area contributed by atoms with Gasteiger partial charge in [-0.2, -0.15) is 0 Å². The van der Waals surface area contributed by atoms with Crippen molar-refractivity contribution in [1.29, 1.82) is 0 Å². The van der Waals surface area contributed by atoms with Gasteiger partial charge in [0.05, 0.1) is 7.11 Å². The minimum atomic E-state index is 0.0897. The van der Waals surface area contributed by atoms with Crippen molar-refractivity contribution in [3.8, 4) is 5.75 Å². The Morgan fingerprint density at radius 3 is 2.85 bits per heavy atom. The summed E-state index contributed by atoms with van der Waals surface area (Å²) in [7, 11) is 1.66. The molecule has 0 fully saturated rings. The highest BCUT2D eigenvalue weighted by molar-refractivity contribution is 7.09. The molecular weight excluding hydrogens is 270 g/mol. The van der Waals surface area contributed by atoms with Crippen LogP contribution in [0.25, 0.3) is 0 Å². The van der Waals surface area contributed by atoms with Crippen molar-refractivity contribution < 1.29 is 9.53 Å². The van der Waals surface area contributed by atoms with E-state index >= 15 is 0 Å². The van der Waals surface area contributed by atoms with Crippen LogP contribution in [0.5, 0.6) is 5.75 Å². The molecule has 2 aromatic rings. The summed E-state index contributed by atoms with van der Waals surface area (Å²) in [6.45, 7) is 2.56. The number of nitrogens with one attached hydrogen (secondary N) is 1. The van der Waals surface area contributed by atoms with E-state index in [9.17, 15) is 4.79 Å². The molecule has 1 N–H and O–H groups in total. The highest BCUT2D eigenvalue weighted by atomic mass is 32.1. The fourth-order valence-corrected chi connectivity index (χ4v) is 2.74. The quantitative estimate of drug-likeness (QED) is 0.886. The van der Waals surface area contributed by atoms with E-state index in [0.717, 1.165) is 23.3 Å². The van der Waals surface area contributed by atoms with Gasteiger partial charge in [-0.15, -0.1) is 11.3 Å². The molecule has 1 aromatic heterocycles. The van der Waals surface area contributed by atoms with Crippen LogP contribution in [0.4, 0.5) is 0 Å². The molecule has 1 amide bonds. The molecule has 0 aliphatic rings. The number of amides is 1. The summed E-state index contributed by atoms with van der Waals surface area (Å²) < 4.78 is 5.22. The average molecular weight is 289 g/mol. The number of rotatable bonds is 6. The third-order valence-corrected chi connectivity index (χ3v) is 4.06. The molecule has 0 unspecified atom stereocenters. The summed E-state index contributed by atoms with van der Waals surface area (Å²) in [6, 6.07) is 10.0. The number of thiophene rings is 1. The van der Waals surface area contributed by atoms with E-state index in [1.54, 1.807) is 18.4 Å². The first-order valence-corrected chi connectivity index (χ1v) is 7.49. The Kier molecular flexibility index (Phi) is 5.18. The minimum absolute atomic E-state index is 0.0897. The van der Waals surface area contributed by atoms with Crippen LogP contribution in [0.3, 0.4) is 0 Å². The minimum Gasteiger partial charge on any atom is -0.496 e. The molecule has 1 heterocycles. The van der Waals surface area contributed by atoms with E-state index in [0.29, 0.717) is 13.0 Å². The second-order valence-corrected chi connectivity index (χ2v) is 5.69. The zero-order valence-electron chi connectivity index (χ0n) is 11.8. The number of aryl methyl sites for hydroxylation is 2. The van der Waals surface area contributed by atoms with Gasteiger partial charge in [0.15, 0.2) is 0 Å². The Labute approximate surface area is 123 Å². The van der Waals surface area contributed by atoms with Crippen LogP contribution in [-0.2, 0) is 17.8 Å². The third-order valence-electron chi connectivity index (χ3n) is 3.13. The number of benzene rings is 1. The van der Waals surface area contributed by atoms with Gasteiger partial charge in [0.25, 0.3) is 0 Å². The van der Waals surface area contributed by atoms with Crippen molar-refractivity contribution in [2.24, 2.45) is 0 Å². The summed E-state index contributed by atoms with van der Waals surface area (Å²) in [5.41, 5.74) is 2.17. The number of carbonyl (C=O) groups excluding carboxylic acids is 1. The predicted octanol–water partition coefficient (Wildman–Crippen LogP) is 3.31. The molecule has 0 aliphatic carbocycles. The maximum absolute atomic E-state index is 11.8. The summed E-state index contributed by atoms with van der Waals surface area (Å²) in [6.07, 6.45) is 1.35. The lowest BCUT2D eigenvalue weighted by Crippen LogP contribution is -2.22. The number of ether oxygens (including phenoxy) is 1. The lowest BCUT2D eigenvalue weighted by Gasteiger charge is -2.08. The highest BCUT2D eigenvalue weighted by Crippen LogP contribution is 2.18. The molecule has 0 bridgehead atoms. The van der Waals surface area contributed by atoms with Crippen LogP contribution in [0.1, 0.15) is 22.4 Å². The van der Waals surface area contributed by atoms with E-state index in [1.807, 2.05) is 36.6 Å². The van der Waals surface area contributed by atoms with Crippen LogP contribution in [-0.4, -0.2) is 13.0 Å². The largest absolute Gasteiger partial charge is 0.496 e. The number of hydrogen-bond donors (Lipinski definition) is 1. The van der Waals surface area contributed by atoms with Crippen LogP contribution in [0, 0.1) is 6.92 Å². The van der Waals surface area contributed by atoms with Crippen molar-refractivity contribution in [2.45, 2.75) is 26.3 Å². The van der Waals surface area contributed by atoms with Crippen LogP contribution in [0.2, 0.25) is 0 Å². The van der Waals surface area contributed by atoms with E-state index in [1.165, 1.54) is 4.88 Å². The standard InChI is InChI=1S/C16H19NO2S/c1-12-10-13(5-7-15(12)19-2)11-17-16(18)8-6-14-4-3-9-20-14/h3-5,7,9-10H,6,8,11H2,1-2H3,(H,17,18). The molecule has 4 heteroatoms. The molecule has 0 radical (unpaired) electrons. The molecule has 3 nitrogen and oxygen atoms in total. The molecule has 0 saturated heterocycles. The van der Waals surface area contributed by atoms with E-state index in [4.69, 9.17) is 4.74 Å². The van der Waals surface area contributed by atoms with Gasteiger partial charge < -0.3 is 10.1 Å². The van der Waals surface area contributed by atoms with Crippen LogP contribution >= 0.6 is 11.3 Å². The van der Waals surface area contributed by atoms with E-state index in [2.05, 4.69) is 11.4 Å². The van der Waals surface area contributed by atoms with Gasteiger partial charge in [-0.1, -0.05) is 18.2 Å². The fourth-order valence-electron chi connectivity index (χ4n) is 2.03. The predicted molar refractivity (Wildman–Crippen MR) is 82.2 cm³/mol. The van der Waals surface area contributed by atoms with Gasteiger partial charge in [-0.05, 0) is 42.0 Å². The summed E-state index contributed by atoms with van der Waals surface area (Å²) in [5.74, 6) is 0.963. The molecule has 0 saturated carbocycles. The molecule has 1 aromatic carbocycles. The van der Waals surface area contributed by atoms with Gasteiger partial charge in [-0.25, -0.2) is 0 Å². The Morgan fingerprint density at radius 2 is 2.20 bits per heavy atom. The third kappa shape index (κ3) is 4.10. The second-order valence-electron chi connectivity index (χ2n) is 4.66. The first-order chi connectivity index (χ1) is 9.69. The molecule has 2 rings (SSSR count). The van der Waals surface area contributed by atoms with Gasteiger partial charge in [0, 0.05) is 17.8 Å². The molecule has 0 atom stereocenters. The normalized spacial score (nSPS) is 10.3. The Balaban J connectivity index is 1.79. The molecule has 0 spiro atoms. The lowest BCUT2D eigenvalue weighted by atomic mass is 10.1. The number of carbonyl (C=O) groups is 1. The Hall–Kier alpha value is -1.81. The molecular formula is C16H19NO2S. The number of hydrogen-bond acceptors (Lipinski definition) is 3. The molecule has 20 heavy (non-hydrogen) atoms. The topological polar surface area (TPSA) is 38.3 Å². The highest BCUT2D eigenvalue weighted by Gasteiger charge is 2.04. The summed E-state index contributed by atoms with van der Waals surface area (Å²) >= 11 is 1.69. The van der Waals surface area contributed by atoms with Crippen molar-refractivity contribution in [3.63, 3.8) is 0 Å². The van der Waals surface area contributed by atoms with Crippen molar-refractivity contribution >= 4 is 17.2 Å². The van der Waals surface area contributed by atoms with E-state index < -0.39 is 0 Å². The fraction of sp³-hybridized carbons (Fsp3) is 0.312. The first kappa shape index (κ1) is 14.6. The van der Waals surface area contributed by atoms with E-state index in [-0.39, 0.29) is 5.91 Å². The SMILES string of the molecule is COc1ccc(CNC(=O)CCc2cccs2)cc1C. The smallest absolute Gasteiger partial charge is 0.220 e. The van der Waals surface area contributed by atoms with Gasteiger partial charge in [0.1, 0.15) is 5.75 Å². The van der Waals surface area contributed by atoms with Crippen molar-refractivity contribution in [1.82, 2.24) is 5.32 Å².